The summed E-state index contributed by atoms with van der Waals surface area (Å²) in [6.45, 7) is 7.80. The molecule has 3 heteroatoms. The van der Waals surface area contributed by atoms with Gasteiger partial charge in [0.25, 0.3) is 0 Å². The van der Waals surface area contributed by atoms with E-state index in [4.69, 9.17) is 5.73 Å². The molecule has 2 nitrogen and oxygen atoms in total. The minimum Gasteiger partial charge on any atom is -0.328 e. The van der Waals surface area contributed by atoms with Crippen LogP contribution in [0.2, 0.25) is 0 Å². The van der Waals surface area contributed by atoms with Crippen LogP contribution in [0.1, 0.15) is 23.1 Å². The van der Waals surface area contributed by atoms with E-state index in [2.05, 4.69) is 30.9 Å². The molecule has 2 rings (SSSR count). The summed E-state index contributed by atoms with van der Waals surface area (Å²) in [5.41, 5.74) is 5.93. The number of rotatable bonds is 3. The predicted octanol–water partition coefficient (Wildman–Crippen LogP) is 2.23. The molecule has 0 amide bonds. The summed E-state index contributed by atoms with van der Waals surface area (Å²) in [6.07, 6.45) is 1.27. The van der Waals surface area contributed by atoms with Gasteiger partial charge in [-0.1, -0.05) is 0 Å². The Balaban J connectivity index is 1.87. The van der Waals surface area contributed by atoms with Crippen LogP contribution in [0.3, 0.4) is 0 Å². The van der Waals surface area contributed by atoms with E-state index in [-0.39, 0.29) is 0 Å². The molecule has 1 aromatic heterocycles. The fraction of sp³-hybridized carbons (Fsp3) is 0.667. The quantitative estimate of drug-likeness (QED) is 0.853. The summed E-state index contributed by atoms with van der Waals surface area (Å²) in [6, 6.07) is 4.80. The number of aryl methyl sites for hydroxylation is 1. The minimum absolute atomic E-state index is 0.347. The van der Waals surface area contributed by atoms with Gasteiger partial charge in [0.2, 0.25) is 0 Å². The Hall–Kier alpha value is -0.380. The van der Waals surface area contributed by atoms with E-state index in [1.165, 1.54) is 29.3 Å². The molecule has 15 heavy (non-hydrogen) atoms. The second kappa shape index (κ2) is 4.64. The lowest BCUT2D eigenvalue weighted by Crippen LogP contribution is -2.29. The fourth-order valence-corrected chi connectivity index (χ4v) is 3.16. The highest BCUT2D eigenvalue weighted by atomic mass is 32.1. The molecular formula is C12H20N2S. The van der Waals surface area contributed by atoms with Crippen molar-refractivity contribution >= 4 is 11.3 Å². The first-order chi connectivity index (χ1) is 7.15. The maximum absolute atomic E-state index is 5.93. The topological polar surface area (TPSA) is 29.3 Å². The van der Waals surface area contributed by atoms with Crippen molar-refractivity contribution in [2.24, 2.45) is 11.7 Å². The van der Waals surface area contributed by atoms with Crippen LogP contribution in [-0.2, 0) is 6.54 Å². The molecule has 84 valence electrons. The van der Waals surface area contributed by atoms with Crippen LogP contribution >= 0.6 is 11.3 Å². The minimum atomic E-state index is 0.347. The van der Waals surface area contributed by atoms with Gasteiger partial charge < -0.3 is 5.73 Å². The summed E-state index contributed by atoms with van der Waals surface area (Å²) in [5.74, 6) is 0.700. The largest absolute Gasteiger partial charge is 0.328 e. The van der Waals surface area contributed by atoms with E-state index < -0.39 is 0 Å². The lowest BCUT2D eigenvalue weighted by molar-refractivity contribution is 0.311. The summed E-state index contributed by atoms with van der Waals surface area (Å²) < 4.78 is 0. The molecule has 2 heterocycles. The summed E-state index contributed by atoms with van der Waals surface area (Å²) in [7, 11) is 0. The first-order valence-corrected chi connectivity index (χ1v) is 6.50. The standard InChI is InChI=1S/C12H20N2S/c1-9-3-4-12(15-9)8-14-6-5-11(7-14)10(2)13/h3-4,10-11H,5-8,13H2,1-2H3. The fourth-order valence-electron chi connectivity index (χ4n) is 2.23. The zero-order valence-electron chi connectivity index (χ0n) is 9.57. The van der Waals surface area contributed by atoms with E-state index in [1.54, 1.807) is 0 Å². The third-order valence-corrected chi connectivity index (χ3v) is 4.21. The van der Waals surface area contributed by atoms with E-state index in [1.807, 2.05) is 11.3 Å². The Kier molecular flexibility index (Phi) is 3.44. The Labute approximate surface area is 96.1 Å². The highest BCUT2D eigenvalue weighted by Gasteiger charge is 2.25. The Morgan fingerprint density at radius 3 is 2.93 bits per heavy atom. The zero-order valence-corrected chi connectivity index (χ0v) is 10.4. The van der Waals surface area contributed by atoms with Crippen LogP contribution in [0, 0.1) is 12.8 Å². The van der Waals surface area contributed by atoms with Crippen LogP contribution in [-0.4, -0.2) is 24.0 Å². The van der Waals surface area contributed by atoms with Crippen molar-refractivity contribution in [1.29, 1.82) is 0 Å². The highest BCUT2D eigenvalue weighted by Crippen LogP contribution is 2.23. The van der Waals surface area contributed by atoms with Crippen molar-refractivity contribution in [3.63, 3.8) is 0 Å². The SMILES string of the molecule is Cc1ccc(CN2CCC(C(C)N)C2)s1. The first-order valence-electron chi connectivity index (χ1n) is 5.68. The van der Waals surface area contributed by atoms with Gasteiger partial charge in [0, 0.05) is 28.9 Å². The molecule has 1 aromatic rings. The Bertz CT molecular complexity index is 319. The number of likely N-dealkylation sites (tertiary alicyclic amines) is 1. The van der Waals surface area contributed by atoms with Crippen LogP contribution in [0.4, 0.5) is 0 Å². The van der Waals surface area contributed by atoms with Gasteiger partial charge in [-0.2, -0.15) is 0 Å². The molecule has 0 aromatic carbocycles. The van der Waals surface area contributed by atoms with Crippen molar-refractivity contribution in [3.05, 3.63) is 21.9 Å². The molecule has 0 bridgehead atoms. The van der Waals surface area contributed by atoms with Gasteiger partial charge in [-0.25, -0.2) is 0 Å². The summed E-state index contributed by atoms with van der Waals surface area (Å²) in [5, 5.41) is 0. The van der Waals surface area contributed by atoms with Gasteiger partial charge in [0.05, 0.1) is 0 Å². The van der Waals surface area contributed by atoms with E-state index >= 15 is 0 Å². The molecular weight excluding hydrogens is 204 g/mol. The lowest BCUT2D eigenvalue weighted by atomic mass is 10.0. The normalized spacial score (nSPS) is 24.6. The van der Waals surface area contributed by atoms with Crippen LogP contribution in [0.25, 0.3) is 0 Å². The second-order valence-electron chi connectivity index (χ2n) is 4.66. The van der Waals surface area contributed by atoms with Crippen molar-refractivity contribution in [2.75, 3.05) is 13.1 Å². The highest BCUT2D eigenvalue weighted by molar-refractivity contribution is 7.11. The number of hydrogen-bond acceptors (Lipinski definition) is 3. The summed E-state index contributed by atoms with van der Waals surface area (Å²) >= 11 is 1.91. The number of hydrogen-bond donors (Lipinski definition) is 1. The molecule has 0 radical (unpaired) electrons. The van der Waals surface area contributed by atoms with Crippen molar-refractivity contribution in [1.82, 2.24) is 4.90 Å². The van der Waals surface area contributed by atoms with Crippen molar-refractivity contribution in [2.45, 2.75) is 32.9 Å². The average molecular weight is 224 g/mol. The average Bonchev–Trinajstić information content (AvgIpc) is 2.76. The van der Waals surface area contributed by atoms with Crippen LogP contribution < -0.4 is 5.73 Å². The van der Waals surface area contributed by atoms with Gasteiger partial charge in [-0.3, -0.25) is 4.90 Å². The lowest BCUT2D eigenvalue weighted by Gasteiger charge is -2.16. The van der Waals surface area contributed by atoms with Crippen LogP contribution in [0.15, 0.2) is 12.1 Å². The van der Waals surface area contributed by atoms with Crippen molar-refractivity contribution < 1.29 is 0 Å². The van der Waals surface area contributed by atoms with Crippen molar-refractivity contribution in [3.8, 4) is 0 Å². The molecule has 1 saturated heterocycles. The van der Waals surface area contributed by atoms with Gasteiger partial charge in [-0.15, -0.1) is 11.3 Å². The molecule has 1 aliphatic rings. The molecule has 1 aliphatic heterocycles. The zero-order chi connectivity index (χ0) is 10.8. The smallest absolute Gasteiger partial charge is 0.0328 e. The van der Waals surface area contributed by atoms with Gasteiger partial charge >= 0.3 is 0 Å². The van der Waals surface area contributed by atoms with E-state index in [0.29, 0.717) is 12.0 Å². The summed E-state index contributed by atoms with van der Waals surface area (Å²) in [4.78, 5) is 5.42. The molecule has 2 N–H and O–H groups in total. The number of nitrogens with zero attached hydrogens (tertiary/aromatic N) is 1. The number of thiophene rings is 1. The van der Waals surface area contributed by atoms with E-state index in [0.717, 1.165) is 6.54 Å². The first kappa shape index (κ1) is 11.1. The molecule has 0 aliphatic carbocycles. The third-order valence-electron chi connectivity index (χ3n) is 3.23. The van der Waals surface area contributed by atoms with Gasteiger partial charge in [-0.05, 0) is 44.9 Å². The molecule has 1 fully saturated rings. The number of nitrogens with two attached hydrogens (primary N) is 1. The van der Waals surface area contributed by atoms with E-state index in [9.17, 15) is 0 Å². The molecule has 2 atom stereocenters. The molecule has 0 spiro atoms. The predicted molar refractivity (Wildman–Crippen MR) is 66.1 cm³/mol. The maximum atomic E-state index is 5.93. The van der Waals surface area contributed by atoms with Gasteiger partial charge in [0.1, 0.15) is 0 Å². The third kappa shape index (κ3) is 2.80. The molecule has 0 saturated carbocycles. The van der Waals surface area contributed by atoms with Crippen LogP contribution in [0.5, 0.6) is 0 Å². The Morgan fingerprint density at radius 2 is 2.40 bits per heavy atom. The maximum Gasteiger partial charge on any atom is 0.0328 e. The van der Waals surface area contributed by atoms with Gasteiger partial charge in [0.15, 0.2) is 0 Å². The monoisotopic (exact) mass is 224 g/mol. The molecule has 2 unspecified atom stereocenters. The second-order valence-corrected chi connectivity index (χ2v) is 6.03. The Morgan fingerprint density at radius 1 is 1.60 bits per heavy atom.